The molecule has 0 fully saturated rings. The minimum atomic E-state index is -0.522. The van der Waals surface area contributed by atoms with Gasteiger partial charge >= 0.3 is 5.97 Å². The molecule has 0 saturated heterocycles. The van der Waals surface area contributed by atoms with Crippen LogP contribution in [0.2, 0.25) is 15.1 Å². The molecule has 26 heavy (non-hydrogen) atoms. The summed E-state index contributed by atoms with van der Waals surface area (Å²) in [6.45, 7) is 1.99. The Hall–Kier alpha value is -2.08. The van der Waals surface area contributed by atoms with Crippen LogP contribution in [0.25, 0.3) is 11.5 Å². The van der Waals surface area contributed by atoms with Crippen LogP contribution >= 0.6 is 34.8 Å². The van der Waals surface area contributed by atoms with Crippen LogP contribution in [-0.4, -0.2) is 16.2 Å². The molecule has 0 aliphatic heterocycles. The van der Waals surface area contributed by atoms with Gasteiger partial charge in [0, 0.05) is 17.0 Å². The normalized spacial score (nSPS) is 10.8. The Morgan fingerprint density at radius 3 is 2.38 bits per heavy atom. The largest absolute Gasteiger partial charge is 0.423 e. The molecule has 0 aliphatic rings. The molecule has 0 amide bonds. The Kier molecular flexibility index (Phi) is 5.81. The third kappa shape index (κ3) is 4.55. The van der Waals surface area contributed by atoms with Gasteiger partial charge in [-0.2, -0.15) is 0 Å². The van der Waals surface area contributed by atoms with E-state index >= 15 is 0 Å². The quantitative estimate of drug-likeness (QED) is 0.407. The van der Waals surface area contributed by atoms with Crippen molar-refractivity contribution in [1.29, 1.82) is 0 Å². The van der Waals surface area contributed by atoms with Gasteiger partial charge in [0.05, 0.1) is 16.5 Å². The van der Waals surface area contributed by atoms with Gasteiger partial charge < -0.3 is 9.15 Å². The van der Waals surface area contributed by atoms with Crippen molar-refractivity contribution in [2.24, 2.45) is 0 Å². The molecule has 8 heteroatoms. The molecule has 0 spiro atoms. The van der Waals surface area contributed by atoms with Crippen molar-refractivity contribution >= 4 is 40.8 Å². The van der Waals surface area contributed by atoms with Crippen LogP contribution in [0, 0.1) is 6.92 Å². The van der Waals surface area contributed by atoms with Gasteiger partial charge in [-0.15, -0.1) is 10.2 Å². The maximum Gasteiger partial charge on any atom is 0.311 e. The summed E-state index contributed by atoms with van der Waals surface area (Å²) < 4.78 is 10.8. The number of aryl methyl sites for hydroxylation is 2. The van der Waals surface area contributed by atoms with E-state index in [1.165, 1.54) is 12.1 Å². The summed E-state index contributed by atoms with van der Waals surface area (Å²) in [4.78, 5) is 12.0. The van der Waals surface area contributed by atoms with Gasteiger partial charge in [0.2, 0.25) is 11.8 Å². The molecule has 0 atom stereocenters. The van der Waals surface area contributed by atoms with Gasteiger partial charge in [0.25, 0.3) is 0 Å². The Morgan fingerprint density at radius 1 is 1.08 bits per heavy atom. The molecule has 134 valence electrons. The fourth-order valence-corrected chi connectivity index (χ4v) is 3.06. The average molecular weight is 412 g/mol. The van der Waals surface area contributed by atoms with Gasteiger partial charge in [0.1, 0.15) is 0 Å². The summed E-state index contributed by atoms with van der Waals surface area (Å²) in [5.74, 6) is 0.294. The molecule has 0 unspecified atom stereocenters. The van der Waals surface area contributed by atoms with E-state index in [1.54, 1.807) is 0 Å². The molecule has 0 N–H and O–H groups in total. The highest BCUT2D eigenvalue weighted by molar-refractivity contribution is 6.40. The van der Waals surface area contributed by atoms with Crippen molar-refractivity contribution in [3.63, 3.8) is 0 Å². The monoisotopic (exact) mass is 410 g/mol. The Labute approximate surface area is 164 Å². The van der Waals surface area contributed by atoms with Gasteiger partial charge in [-0.05, 0) is 31.2 Å². The fraction of sp³-hybridized carbons (Fsp3) is 0.167. The van der Waals surface area contributed by atoms with E-state index in [4.69, 9.17) is 44.0 Å². The van der Waals surface area contributed by atoms with Gasteiger partial charge in [0.15, 0.2) is 5.75 Å². The lowest BCUT2D eigenvalue weighted by Gasteiger charge is -2.08. The number of hydrogen-bond donors (Lipinski definition) is 0. The number of aromatic nitrogens is 2. The number of rotatable bonds is 5. The standard InChI is InChI=1S/C18H13Cl3N2O3/c1-10-2-4-11(5-3-10)18-23-22-15(25-18)6-7-16(24)26-17-13(20)8-12(19)9-14(17)21/h2-5,8-9H,6-7H2,1H3. The van der Waals surface area contributed by atoms with E-state index in [-0.39, 0.29) is 28.6 Å². The number of nitrogens with zero attached hydrogens (tertiary/aromatic N) is 2. The molecular formula is C18H13Cl3N2O3. The minimum Gasteiger partial charge on any atom is -0.423 e. The van der Waals surface area contributed by atoms with Crippen LogP contribution in [0.15, 0.2) is 40.8 Å². The van der Waals surface area contributed by atoms with Crippen LogP contribution in [0.1, 0.15) is 17.9 Å². The lowest BCUT2D eigenvalue weighted by atomic mass is 10.1. The maximum atomic E-state index is 12.0. The predicted octanol–water partition coefficient (Wildman–Crippen LogP) is 5.54. The molecule has 1 heterocycles. The summed E-state index contributed by atoms with van der Waals surface area (Å²) >= 11 is 17.8. The van der Waals surface area contributed by atoms with Gasteiger partial charge in [-0.25, -0.2) is 0 Å². The molecule has 3 rings (SSSR count). The number of carbonyl (C=O) groups is 1. The summed E-state index contributed by atoms with van der Waals surface area (Å²) in [7, 11) is 0. The number of benzene rings is 2. The van der Waals surface area contributed by atoms with Crippen molar-refractivity contribution in [1.82, 2.24) is 10.2 Å². The first-order valence-electron chi connectivity index (χ1n) is 7.67. The second kappa shape index (κ2) is 8.08. The number of hydrogen-bond acceptors (Lipinski definition) is 5. The molecule has 0 aliphatic carbocycles. The second-order valence-electron chi connectivity index (χ2n) is 5.54. The molecule has 0 saturated carbocycles. The van der Waals surface area contributed by atoms with E-state index in [0.717, 1.165) is 11.1 Å². The van der Waals surface area contributed by atoms with Crippen LogP contribution in [0.3, 0.4) is 0 Å². The molecule has 5 nitrogen and oxygen atoms in total. The van der Waals surface area contributed by atoms with Crippen LogP contribution in [-0.2, 0) is 11.2 Å². The van der Waals surface area contributed by atoms with Crippen molar-refractivity contribution < 1.29 is 13.9 Å². The highest BCUT2D eigenvalue weighted by atomic mass is 35.5. The molecule has 0 radical (unpaired) electrons. The van der Waals surface area contributed by atoms with Crippen molar-refractivity contribution in [2.75, 3.05) is 0 Å². The highest BCUT2D eigenvalue weighted by Crippen LogP contribution is 2.36. The second-order valence-corrected chi connectivity index (χ2v) is 6.79. The lowest BCUT2D eigenvalue weighted by molar-refractivity contribution is -0.134. The van der Waals surface area contributed by atoms with E-state index in [1.807, 2.05) is 31.2 Å². The first-order valence-corrected chi connectivity index (χ1v) is 8.80. The Morgan fingerprint density at radius 2 is 1.73 bits per heavy atom. The first-order chi connectivity index (χ1) is 12.4. The van der Waals surface area contributed by atoms with Crippen molar-refractivity contribution in [3.05, 3.63) is 62.9 Å². The van der Waals surface area contributed by atoms with E-state index < -0.39 is 5.97 Å². The van der Waals surface area contributed by atoms with E-state index in [0.29, 0.717) is 16.8 Å². The summed E-state index contributed by atoms with van der Waals surface area (Å²) in [5.41, 5.74) is 1.95. The molecule has 2 aromatic carbocycles. The minimum absolute atomic E-state index is 0.0326. The van der Waals surface area contributed by atoms with Crippen LogP contribution < -0.4 is 4.74 Å². The fourth-order valence-electron chi connectivity index (χ4n) is 2.17. The molecule has 0 bridgehead atoms. The zero-order valence-corrected chi connectivity index (χ0v) is 15.9. The number of esters is 1. The topological polar surface area (TPSA) is 65.2 Å². The van der Waals surface area contributed by atoms with Crippen LogP contribution in [0.4, 0.5) is 0 Å². The number of halogens is 3. The predicted molar refractivity (Wildman–Crippen MR) is 99.9 cm³/mol. The van der Waals surface area contributed by atoms with Crippen LogP contribution in [0.5, 0.6) is 5.75 Å². The third-order valence-corrected chi connectivity index (χ3v) is 4.27. The average Bonchev–Trinajstić information content (AvgIpc) is 3.06. The third-order valence-electron chi connectivity index (χ3n) is 3.49. The molecule has 1 aromatic heterocycles. The first kappa shape index (κ1) is 18.7. The summed E-state index contributed by atoms with van der Waals surface area (Å²) in [5, 5.41) is 8.62. The summed E-state index contributed by atoms with van der Waals surface area (Å²) in [6.07, 6.45) is 0.269. The van der Waals surface area contributed by atoms with E-state index in [2.05, 4.69) is 10.2 Å². The van der Waals surface area contributed by atoms with E-state index in [9.17, 15) is 4.79 Å². The Balaban J connectivity index is 1.61. The van der Waals surface area contributed by atoms with Gasteiger partial charge in [-0.3, -0.25) is 4.79 Å². The Bertz CT molecular complexity index is 916. The smallest absolute Gasteiger partial charge is 0.311 e. The van der Waals surface area contributed by atoms with Gasteiger partial charge in [-0.1, -0.05) is 52.5 Å². The zero-order valence-electron chi connectivity index (χ0n) is 13.6. The highest BCUT2D eigenvalue weighted by Gasteiger charge is 2.15. The molecule has 3 aromatic rings. The maximum absolute atomic E-state index is 12.0. The number of ether oxygens (including phenoxy) is 1. The summed E-state index contributed by atoms with van der Waals surface area (Å²) in [6, 6.07) is 10.6. The van der Waals surface area contributed by atoms with Crippen molar-refractivity contribution in [2.45, 2.75) is 19.8 Å². The number of carbonyl (C=O) groups excluding carboxylic acids is 1. The molecular weight excluding hydrogens is 399 g/mol. The lowest BCUT2D eigenvalue weighted by Crippen LogP contribution is -2.10. The SMILES string of the molecule is Cc1ccc(-c2nnc(CCC(=O)Oc3c(Cl)cc(Cl)cc3Cl)o2)cc1. The zero-order chi connectivity index (χ0) is 18.7. The van der Waals surface area contributed by atoms with Crippen molar-refractivity contribution in [3.8, 4) is 17.2 Å².